The Morgan fingerprint density at radius 2 is 2.20 bits per heavy atom. The number of para-hydroxylation sites is 1. The summed E-state index contributed by atoms with van der Waals surface area (Å²) in [4.78, 5) is 4.27. The number of aryl methyl sites for hydroxylation is 1. The number of fused-ring (bicyclic) bond motifs is 1. The minimum atomic E-state index is 0.153. The zero-order valence-corrected chi connectivity index (χ0v) is 11.8. The molecule has 3 aromatic rings. The number of furan rings is 1. The summed E-state index contributed by atoms with van der Waals surface area (Å²) in [6.45, 7) is 5.84. The lowest BCUT2D eigenvalue weighted by Crippen LogP contribution is -2.25. The first-order valence-electron chi connectivity index (χ1n) is 6.97. The predicted molar refractivity (Wildman–Crippen MR) is 79.6 cm³/mol. The van der Waals surface area contributed by atoms with Crippen LogP contribution < -0.4 is 5.32 Å². The molecule has 104 valence electrons. The second kappa shape index (κ2) is 5.51. The number of nitrogens with zero attached hydrogens (tertiary/aromatic N) is 2. The fourth-order valence-electron chi connectivity index (χ4n) is 2.47. The molecule has 3 rings (SSSR count). The fourth-order valence-corrected chi connectivity index (χ4v) is 2.47. The average molecular weight is 269 g/mol. The Labute approximate surface area is 118 Å². The van der Waals surface area contributed by atoms with Gasteiger partial charge in [-0.2, -0.15) is 0 Å². The van der Waals surface area contributed by atoms with E-state index in [2.05, 4.69) is 33.9 Å². The molecule has 4 heteroatoms. The van der Waals surface area contributed by atoms with Gasteiger partial charge < -0.3 is 14.3 Å². The van der Waals surface area contributed by atoms with Crippen LogP contribution in [0.5, 0.6) is 0 Å². The predicted octanol–water partition coefficient (Wildman–Crippen LogP) is 3.29. The van der Waals surface area contributed by atoms with E-state index < -0.39 is 0 Å². The molecular weight excluding hydrogens is 250 g/mol. The van der Waals surface area contributed by atoms with Gasteiger partial charge in [0.25, 0.3) is 0 Å². The lowest BCUT2D eigenvalue weighted by molar-refractivity contribution is 0.393. The molecule has 0 saturated heterocycles. The van der Waals surface area contributed by atoms with Crippen LogP contribution in [0.25, 0.3) is 11.0 Å². The summed E-state index contributed by atoms with van der Waals surface area (Å²) in [7, 11) is 0. The molecule has 0 aliphatic heterocycles. The third kappa shape index (κ3) is 2.47. The van der Waals surface area contributed by atoms with Crippen LogP contribution in [0.4, 0.5) is 0 Å². The SMILES string of the molecule is CCNC(Cn1ccnc1C)c1cc2ccccc2o1. The average Bonchev–Trinajstić information content (AvgIpc) is 3.04. The summed E-state index contributed by atoms with van der Waals surface area (Å²) < 4.78 is 8.11. The molecule has 0 spiro atoms. The molecule has 0 radical (unpaired) electrons. The number of nitrogens with one attached hydrogen (secondary N) is 1. The van der Waals surface area contributed by atoms with Gasteiger partial charge in [0.05, 0.1) is 6.04 Å². The van der Waals surface area contributed by atoms with E-state index in [-0.39, 0.29) is 6.04 Å². The summed E-state index contributed by atoms with van der Waals surface area (Å²) in [6.07, 6.45) is 3.83. The van der Waals surface area contributed by atoms with Gasteiger partial charge in [0.1, 0.15) is 17.2 Å². The topological polar surface area (TPSA) is 43.0 Å². The first-order chi connectivity index (χ1) is 9.78. The maximum Gasteiger partial charge on any atom is 0.134 e. The van der Waals surface area contributed by atoms with Gasteiger partial charge in [-0.25, -0.2) is 4.98 Å². The number of benzene rings is 1. The van der Waals surface area contributed by atoms with E-state index in [0.29, 0.717) is 0 Å². The molecule has 4 nitrogen and oxygen atoms in total. The molecule has 0 saturated carbocycles. The Kier molecular flexibility index (Phi) is 3.56. The molecule has 2 heterocycles. The molecule has 20 heavy (non-hydrogen) atoms. The number of aromatic nitrogens is 2. The Hall–Kier alpha value is -2.07. The summed E-state index contributed by atoms with van der Waals surface area (Å²) in [5.74, 6) is 1.99. The highest BCUT2D eigenvalue weighted by molar-refractivity contribution is 5.77. The summed E-state index contributed by atoms with van der Waals surface area (Å²) in [5.41, 5.74) is 0.938. The number of rotatable bonds is 5. The maximum absolute atomic E-state index is 5.98. The van der Waals surface area contributed by atoms with Gasteiger partial charge in [-0.15, -0.1) is 0 Å². The lowest BCUT2D eigenvalue weighted by atomic mass is 10.2. The molecule has 0 fully saturated rings. The van der Waals surface area contributed by atoms with Crippen molar-refractivity contribution in [3.8, 4) is 0 Å². The molecular formula is C16H19N3O. The largest absolute Gasteiger partial charge is 0.459 e. The maximum atomic E-state index is 5.98. The van der Waals surface area contributed by atoms with E-state index in [1.54, 1.807) is 0 Å². The van der Waals surface area contributed by atoms with Crippen LogP contribution in [-0.2, 0) is 6.54 Å². The first kappa shape index (κ1) is 12.9. The monoisotopic (exact) mass is 269 g/mol. The van der Waals surface area contributed by atoms with Crippen LogP contribution in [0.3, 0.4) is 0 Å². The van der Waals surface area contributed by atoms with E-state index >= 15 is 0 Å². The van der Waals surface area contributed by atoms with Crippen molar-refractivity contribution in [3.05, 3.63) is 54.3 Å². The molecule has 1 N–H and O–H groups in total. The van der Waals surface area contributed by atoms with Crippen LogP contribution >= 0.6 is 0 Å². The van der Waals surface area contributed by atoms with Gasteiger partial charge in [-0.3, -0.25) is 0 Å². The van der Waals surface area contributed by atoms with Crippen molar-refractivity contribution in [2.75, 3.05) is 6.54 Å². The van der Waals surface area contributed by atoms with Crippen molar-refractivity contribution in [3.63, 3.8) is 0 Å². The van der Waals surface area contributed by atoms with E-state index in [4.69, 9.17) is 4.42 Å². The van der Waals surface area contributed by atoms with E-state index in [1.807, 2.05) is 37.5 Å². The normalized spacial score (nSPS) is 12.9. The first-order valence-corrected chi connectivity index (χ1v) is 6.97. The molecule has 2 aromatic heterocycles. The van der Waals surface area contributed by atoms with Gasteiger partial charge in [-0.1, -0.05) is 25.1 Å². The van der Waals surface area contributed by atoms with E-state index in [1.165, 1.54) is 0 Å². The molecule has 0 aliphatic rings. The van der Waals surface area contributed by atoms with Crippen molar-refractivity contribution in [2.45, 2.75) is 26.4 Å². The van der Waals surface area contributed by atoms with Crippen molar-refractivity contribution < 1.29 is 4.42 Å². The van der Waals surface area contributed by atoms with E-state index in [9.17, 15) is 0 Å². The second-order valence-corrected chi connectivity index (χ2v) is 4.92. The summed E-state index contributed by atoms with van der Waals surface area (Å²) >= 11 is 0. The Morgan fingerprint density at radius 3 is 2.90 bits per heavy atom. The smallest absolute Gasteiger partial charge is 0.134 e. The van der Waals surface area contributed by atoms with Gasteiger partial charge in [0.2, 0.25) is 0 Å². The highest BCUT2D eigenvalue weighted by atomic mass is 16.3. The molecule has 1 unspecified atom stereocenters. The summed E-state index contributed by atoms with van der Waals surface area (Å²) in [5, 5.41) is 4.63. The zero-order chi connectivity index (χ0) is 13.9. The third-order valence-corrected chi connectivity index (χ3v) is 3.54. The fraction of sp³-hybridized carbons (Fsp3) is 0.312. The third-order valence-electron chi connectivity index (χ3n) is 3.54. The second-order valence-electron chi connectivity index (χ2n) is 4.92. The van der Waals surface area contributed by atoms with Crippen molar-refractivity contribution >= 4 is 11.0 Å². The van der Waals surface area contributed by atoms with E-state index in [0.717, 1.165) is 35.6 Å². The minimum absolute atomic E-state index is 0.153. The van der Waals surface area contributed by atoms with Crippen LogP contribution in [0.1, 0.15) is 24.6 Å². The number of imidazole rings is 1. The molecule has 0 amide bonds. The number of hydrogen-bond donors (Lipinski definition) is 1. The Bertz CT molecular complexity index is 665. The quantitative estimate of drug-likeness (QED) is 0.773. The van der Waals surface area contributed by atoms with Crippen molar-refractivity contribution in [1.82, 2.24) is 14.9 Å². The van der Waals surface area contributed by atoms with Crippen LogP contribution in [0.2, 0.25) is 0 Å². The van der Waals surface area contributed by atoms with Gasteiger partial charge in [0, 0.05) is 24.3 Å². The van der Waals surface area contributed by atoms with Crippen LogP contribution in [-0.4, -0.2) is 16.1 Å². The van der Waals surface area contributed by atoms with Gasteiger partial charge >= 0.3 is 0 Å². The standard InChI is InChI=1S/C16H19N3O/c1-3-17-14(11-19-9-8-18-12(19)2)16-10-13-6-4-5-7-15(13)20-16/h4-10,14,17H,3,11H2,1-2H3. The van der Waals surface area contributed by atoms with Crippen molar-refractivity contribution in [1.29, 1.82) is 0 Å². The highest BCUT2D eigenvalue weighted by Crippen LogP contribution is 2.25. The molecule has 1 aromatic carbocycles. The molecule has 1 atom stereocenters. The van der Waals surface area contributed by atoms with Crippen LogP contribution in [0.15, 0.2) is 47.1 Å². The van der Waals surface area contributed by atoms with Crippen molar-refractivity contribution in [2.24, 2.45) is 0 Å². The lowest BCUT2D eigenvalue weighted by Gasteiger charge is -2.16. The number of hydrogen-bond acceptors (Lipinski definition) is 3. The Morgan fingerprint density at radius 1 is 1.35 bits per heavy atom. The van der Waals surface area contributed by atoms with Gasteiger partial charge in [-0.05, 0) is 25.6 Å². The molecule has 0 aliphatic carbocycles. The highest BCUT2D eigenvalue weighted by Gasteiger charge is 2.16. The Balaban J connectivity index is 1.91. The number of likely N-dealkylation sites (N-methyl/N-ethyl adjacent to an activating group) is 1. The van der Waals surface area contributed by atoms with Crippen LogP contribution in [0, 0.1) is 6.92 Å². The zero-order valence-electron chi connectivity index (χ0n) is 11.8. The minimum Gasteiger partial charge on any atom is -0.459 e. The van der Waals surface area contributed by atoms with Gasteiger partial charge in [0.15, 0.2) is 0 Å². The summed E-state index contributed by atoms with van der Waals surface area (Å²) in [6, 6.07) is 10.4. The molecule has 0 bridgehead atoms.